The van der Waals surface area contributed by atoms with Gasteiger partial charge in [0.15, 0.2) is 0 Å². The maximum atomic E-state index is 12.5. The summed E-state index contributed by atoms with van der Waals surface area (Å²) in [6.45, 7) is 6.55. The van der Waals surface area contributed by atoms with E-state index in [1.165, 1.54) is 12.1 Å². The van der Waals surface area contributed by atoms with Crippen LogP contribution in [0.25, 0.3) is 0 Å². The van der Waals surface area contributed by atoms with Gasteiger partial charge in [0.1, 0.15) is 0 Å². The van der Waals surface area contributed by atoms with Crippen LogP contribution in [0, 0.1) is 6.92 Å². The predicted molar refractivity (Wildman–Crippen MR) is 86.1 cm³/mol. The highest BCUT2D eigenvalue weighted by molar-refractivity contribution is 7.89. The third-order valence-electron chi connectivity index (χ3n) is 3.94. The van der Waals surface area contributed by atoms with E-state index in [9.17, 15) is 8.42 Å². The Balaban J connectivity index is 2.18. The number of nitrogens with zero attached hydrogens (tertiary/aromatic N) is 1. The van der Waals surface area contributed by atoms with Gasteiger partial charge in [-0.3, -0.25) is 0 Å². The van der Waals surface area contributed by atoms with Crippen LogP contribution in [-0.2, 0) is 10.0 Å². The molecule has 1 aromatic carbocycles. The fraction of sp³-hybridized carbons (Fsp3) is 0.571. The predicted octanol–water partition coefficient (Wildman–Crippen LogP) is 1.99. The van der Waals surface area contributed by atoms with Crippen LogP contribution in [0.1, 0.15) is 25.3 Å². The van der Waals surface area contributed by atoms with Gasteiger partial charge in [0, 0.05) is 23.3 Å². The second-order valence-electron chi connectivity index (χ2n) is 5.47. The standard InChI is InChI=1S/C14H22ClN3O2S/c1-3-18-6-4-5-11(9-18)17-21(19,20)12-7-13(15)10(2)14(16)8-12/h7-8,11,17H,3-6,9,16H2,1-2H3. The number of hydrogen-bond donors (Lipinski definition) is 2. The van der Waals surface area contributed by atoms with Crippen molar-refractivity contribution in [2.75, 3.05) is 25.4 Å². The van der Waals surface area contributed by atoms with E-state index in [0.717, 1.165) is 32.5 Å². The number of sulfonamides is 1. The number of halogens is 1. The van der Waals surface area contributed by atoms with Crippen molar-refractivity contribution in [1.82, 2.24) is 9.62 Å². The summed E-state index contributed by atoms with van der Waals surface area (Å²) in [4.78, 5) is 2.37. The smallest absolute Gasteiger partial charge is 0.240 e. The van der Waals surface area contributed by atoms with Crippen molar-refractivity contribution in [2.24, 2.45) is 0 Å². The molecule has 0 bridgehead atoms. The Morgan fingerprint density at radius 1 is 1.48 bits per heavy atom. The van der Waals surface area contributed by atoms with Crippen LogP contribution < -0.4 is 10.5 Å². The van der Waals surface area contributed by atoms with Gasteiger partial charge in [-0.05, 0) is 50.6 Å². The van der Waals surface area contributed by atoms with Gasteiger partial charge >= 0.3 is 0 Å². The summed E-state index contributed by atoms with van der Waals surface area (Å²) in [7, 11) is -3.59. The first-order valence-electron chi connectivity index (χ1n) is 7.13. The third-order valence-corrected chi connectivity index (χ3v) is 5.84. The highest BCUT2D eigenvalue weighted by Crippen LogP contribution is 2.26. The largest absolute Gasteiger partial charge is 0.398 e. The molecule has 2 rings (SSSR count). The van der Waals surface area contributed by atoms with Crippen molar-refractivity contribution < 1.29 is 8.42 Å². The van der Waals surface area contributed by atoms with E-state index in [1.54, 1.807) is 6.92 Å². The number of hydrogen-bond acceptors (Lipinski definition) is 4. The summed E-state index contributed by atoms with van der Waals surface area (Å²) < 4.78 is 27.7. The third kappa shape index (κ3) is 3.88. The van der Waals surface area contributed by atoms with Crippen molar-refractivity contribution in [3.63, 3.8) is 0 Å². The summed E-state index contributed by atoms with van der Waals surface area (Å²) in [6.07, 6.45) is 1.85. The molecule has 118 valence electrons. The zero-order chi connectivity index (χ0) is 15.6. The number of nitrogens with one attached hydrogen (secondary N) is 1. The monoisotopic (exact) mass is 331 g/mol. The lowest BCUT2D eigenvalue weighted by atomic mass is 10.1. The Labute approximate surface area is 131 Å². The molecule has 3 N–H and O–H groups in total. The Hall–Kier alpha value is -0.820. The fourth-order valence-electron chi connectivity index (χ4n) is 2.56. The molecule has 1 fully saturated rings. The molecule has 5 nitrogen and oxygen atoms in total. The molecule has 0 aliphatic carbocycles. The molecule has 7 heteroatoms. The van der Waals surface area contributed by atoms with Gasteiger partial charge in [-0.1, -0.05) is 18.5 Å². The van der Waals surface area contributed by atoms with Gasteiger partial charge in [-0.25, -0.2) is 13.1 Å². The summed E-state index contributed by atoms with van der Waals surface area (Å²) in [5.74, 6) is 0. The zero-order valence-electron chi connectivity index (χ0n) is 12.4. The van der Waals surface area contributed by atoms with Crippen LogP contribution in [0.4, 0.5) is 5.69 Å². The number of benzene rings is 1. The summed E-state index contributed by atoms with van der Waals surface area (Å²) >= 11 is 6.03. The molecule has 0 aromatic heterocycles. The summed E-state index contributed by atoms with van der Waals surface area (Å²) in [6, 6.07) is 2.85. The van der Waals surface area contributed by atoms with E-state index in [1.807, 2.05) is 0 Å². The average Bonchev–Trinajstić information content (AvgIpc) is 2.44. The maximum absolute atomic E-state index is 12.5. The normalized spacial score (nSPS) is 20.6. The van der Waals surface area contributed by atoms with Gasteiger partial charge in [0.25, 0.3) is 0 Å². The van der Waals surface area contributed by atoms with Crippen LogP contribution in [0.3, 0.4) is 0 Å². The van der Waals surface area contributed by atoms with Crippen LogP contribution >= 0.6 is 11.6 Å². The van der Waals surface area contributed by atoms with Crippen molar-refractivity contribution >= 4 is 27.3 Å². The second kappa shape index (κ2) is 6.52. The maximum Gasteiger partial charge on any atom is 0.240 e. The Bertz CT molecular complexity index is 596. The lowest BCUT2D eigenvalue weighted by Crippen LogP contribution is -2.47. The van der Waals surface area contributed by atoms with E-state index < -0.39 is 10.0 Å². The van der Waals surface area contributed by atoms with Gasteiger partial charge < -0.3 is 10.6 Å². The molecular formula is C14H22ClN3O2S. The number of piperidine rings is 1. The molecule has 0 radical (unpaired) electrons. The SMILES string of the molecule is CCN1CCCC(NS(=O)(=O)c2cc(N)c(C)c(Cl)c2)C1. The lowest BCUT2D eigenvalue weighted by Gasteiger charge is -2.32. The number of anilines is 1. The van der Waals surface area contributed by atoms with Gasteiger partial charge in [0.2, 0.25) is 10.0 Å². The highest BCUT2D eigenvalue weighted by atomic mass is 35.5. The van der Waals surface area contributed by atoms with E-state index in [-0.39, 0.29) is 10.9 Å². The molecule has 0 saturated carbocycles. The Kier molecular flexibility index (Phi) is 5.14. The fourth-order valence-corrected chi connectivity index (χ4v) is 4.17. The number of nitrogen functional groups attached to an aromatic ring is 1. The molecule has 21 heavy (non-hydrogen) atoms. The van der Waals surface area contributed by atoms with Gasteiger partial charge in [0.05, 0.1) is 4.90 Å². The molecule has 1 aromatic rings. The van der Waals surface area contributed by atoms with E-state index in [0.29, 0.717) is 16.3 Å². The molecular weight excluding hydrogens is 310 g/mol. The number of nitrogens with two attached hydrogens (primary N) is 1. The Morgan fingerprint density at radius 3 is 2.81 bits per heavy atom. The quantitative estimate of drug-likeness (QED) is 0.827. The Morgan fingerprint density at radius 2 is 2.19 bits per heavy atom. The van der Waals surface area contributed by atoms with Crippen LogP contribution in [-0.4, -0.2) is 39.0 Å². The molecule has 1 atom stereocenters. The minimum Gasteiger partial charge on any atom is -0.398 e. The number of likely N-dealkylation sites (N-methyl/N-ethyl adjacent to an activating group) is 1. The number of likely N-dealkylation sites (tertiary alicyclic amines) is 1. The highest BCUT2D eigenvalue weighted by Gasteiger charge is 2.25. The van der Waals surface area contributed by atoms with E-state index in [2.05, 4.69) is 16.5 Å². The van der Waals surface area contributed by atoms with Crippen LogP contribution in [0.2, 0.25) is 5.02 Å². The number of rotatable bonds is 4. The van der Waals surface area contributed by atoms with Crippen molar-refractivity contribution in [2.45, 2.75) is 37.6 Å². The van der Waals surface area contributed by atoms with Crippen LogP contribution in [0.5, 0.6) is 0 Å². The van der Waals surface area contributed by atoms with Gasteiger partial charge in [-0.2, -0.15) is 0 Å². The van der Waals surface area contributed by atoms with Crippen molar-refractivity contribution in [3.05, 3.63) is 22.7 Å². The van der Waals surface area contributed by atoms with Crippen LogP contribution in [0.15, 0.2) is 17.0 Å². The minimum absolute atomic E-state index is 0.0648. The molecule has 1 aliphatic heterocycles. The zero-order valence-corrected chi connectivity index (χ0v) is 14.0. The second-order valence-corrected chi connectivity index (χ2v) is 7.59. The molecule has 0 amide bonds. The topological polar surface area (TPSA) is 75.4 Å². The summed E-state index contributed by atoms with van der Waals surface area (Å²) in [5.41, 5.74) is 6.90. The molecule has 0 spiro atoms. The first kappa shape index (κ1) is 16.5. The van der Waals surface area contributed by atoms with E-state index >= 15 is 0 Å². The van der Waals surface area contributed by atoms with Gasteiger partial charge in [-0.15, -0.1) is 0 Å². The van der Waals surface area contributed by atoms with Crippen molar-refractivity contribution in [1.29, 1.82) is 0 Å². The first-order valence-corrected chi connectivity index (χ1v) is 9.00. The van der Waals surface area contributed by atoms with E-state index in [4.69, 9.17) is 17.3 Å². The lowest BCUT2D eigenvalue weighted by molar-refractivity contribution is 0.211. The average molecular weight is 332 g/mol. The molecule has 1 saturated heterocycles. The molecule has 1 unspecified atom stereocenters. The molecule has 1 heterocycles. The summed E-state index contributed by atoms with van der Waals surface area (Å²) in [5, 5.41) is 0.370. The van der Waals surface area contributed by atoms with Crippen molar-refractivity contribution in [3.8, 4) is 0 Å². The first-order chi connectivity index (χ1) is 9.83. The minimum atomic E-state index is -3.59. The molecule has 1 aliphatic rings.